The number of nitrogens with zero attached hydrogens (tertiary/aromatic N) is 6. The average molecular weight is 793 g/mol. The third-order valence-corrected chi connectivity index (χ3v) is 11.8. The zero-order valence-electron chi connectivity index (χ0n) is 33.5. The highest BCUT2D eigenvalue weighted by Crippen LogP contribution is 2.40. The third kappa shape index (κ3) is 5.96. The molecule has 0 aliphatic rings. The Morgan fingerprint density at radius 1 is 0.306 bits per heavy atom. The molecule has 0 bridgehead atoms. The van der Waals surface area contributed by atoms with Crippen LogP contribution in [0.3, 0.4) is 0 Å². The number of benzene rings is 8. The van der Waals surface area contributed by atoms with Crippen molar-refractivity contribution in [2.24, 2.45) is 0 Å². The van der Waals surface area contributed by atoms with Gasteiger partial charge in [-0.15, -0.1) is 0 Å². The standard InChI is InChI=1S/C56H36N6/c1-4-16-37(17-5-1)54-58-55(38-18-6-2-7-19-38)60-56(59-54)41-32-33-57-48(35-41)40-30-31-46-45-24-10-12-27-49(45)62(52(46)36-40)43-23-14-20-39(34-43)44-26-15-29-51-53(44)47-25-11-13-28-50(47)61(51)42-21-8-3-9-22-42/h1-36H. The van der Waals surface area contributed by atoms with E-state index in [4.69, 9.17) is 19.9 Å². The van der Waals surface area contributed by atoms with Gasteiger partial charge in [-0.3, -0.25) is 4.98 Å². The summed E-state index contributed by atoms with van der Waals surface area (Å²) in [4.78, 5) is 19.8. The van der Waals surface area contributed by atoms with Gasteiger partial charge in [0.15, 0.2) is 17.5 Å². The van der Waals surface area contributed by atoms with Gasteiger partial charge in [0, 0.05) is 61.4 Å². The minimum atomic E-state index is 0.593. The first-order valence-corrected chi connectivity index (χ1v) is 20.8. The summed E-state index contributed by atoms with van der Waals surface area (Å²) >= 11 is 0. The Morgan fingerprint density at radius 2 is 0.839 bits per heavy atom. The predicted octanol–water partition coefficient (Wildman–Crippen LogP) is 13.8. The van der Waals surface area contributed by atoms with E-state index in [9.17, 15) is 0 Å². The van der Waals surface area contributed by atoms with E-state index >= 15 is 0 Å². The summed E-state index contributed by atoms with van der Waals surface area (Å²) in [6, 6.07) is 74.5. The van der Waals surface area contributed by atoms with Crippen LogP contribution in [0, 0.1) is 0 Å². The van der Waals surface area contributed by atoms with Crippen LogP contribution < -0.4 is 0 Å². The van der Waals surface area contributed by atoms with Gasteiger partial charge in [-0.25, -0.2) is 15.0 Å². The van der Waals surface area contributed by atoms with Gasteiger partial charge in [0.1, 0.15) is 0 Å². The quantitative estimate of drug-likeness (QED) is 0.161. The van der Waals surface area contributed by atoms with Gasteiger partial charge in [0.2, 0.25) is 0 Å². The number of para-hydroxylation sites is 3. The summed E-state index contributed by atoms with van der Waals surface area (Å²) in [5.74, 6) is 1.84. The van der Waals surface area contributed by atoms with Crippen molar-refractivity contribution in [3.63, 3.8) is 0 Å². The highest BCUT2D eigenvalue weighted by atomic mass is 15.0. The molecule has 6 heteroatoms. The maximum absolute atomic E-state index is 5.00. The smallest absolute Gasteiger partial charge is 0.164 e. The summed E-state index contributed by atoms with van der Waals surface area (Å²) in [5.41, 5.74) is 13.8. The minimum Gasteiger partial charge on any atom is -0.309 e. The molecule has 0 spiro atoms. The molecule has 62 heavy (non-hydrogen) atoms. The molecule has 0 amide bonds. The first kappa shape index (κ1) is 35.5. The second-order valence-electron chi connectivity index (χ2n) is 15.5. The molecule has 0 unspecified atom stereocenters. The van der Waals surface area contributed by atoms with Crippen molar-refractivity contribution in [2.45, 2.75) is 0 Å². The summed E-state index contributed by atoms with van der Waals surface area (Å²) in [6.07, 6.45) is 1.84. The van der Waals surface area contributed by atoms with Crippen LogP contribution in [0.4, 0.5) is 0 Å². The van der Waals surface area contributed by atoms with Crippen LogP contribution in [0.2, 0.25) is 0 Å². The van der Waals surface area contributed by atoms with Crippen molar-refractivity contribution in [3.05, 3.63) is 219 Å². The molecule has 0 aliphatic carbocycles. The zero-order valence-corrected chi connectivity index (χ0v) is 33.5. The lowest BCUT2D eigenvalue weighted by atomic mass is 9.99. The second kappa shape index (κ2) is 14.7. The van der Waals surface area contributed by atoms with Gasteiger partial charge >= 0.3 is 0 Å². The van der Waals surface area contributed by atoms with E-state index < -0.39 is 0 Å². The van der Waals surface area contributed by atoms with E-state index in [0.29, 0.717) is 17.5 Å². The van der Waals surface area contributed by atoms with Crippen LogP contribution in [0.5, 0.6) is 0 Å². The highest BCUT2D eigenvalue weighted by molar-refractivity contribution is 6.16. The maximum atomic E-state index is 5.00. The fraction of sp³-hybridized carbons (Fsp3) is 0. The molecule has 12 rings (SSSR count). The van der Waals surface area contributed by atoms with Crippen molar-refractivity contribution in [3.8, 4) is 67.9 Å². The van der Waals surface area contributed by atoms with Crippen molar-refractivity contribution < 1.29 is 0 Å². The Kier molecular flexibility index (Phi) is 8.38. The van der Waals surface area contributed by atoms with E-state index in [0.717, 1.165) is 55.9 Å². The van der Waals surface area contributed by atoms with Crippen molar-refractivity contribution in [1.29, 1.82) is 0 Å². The summed E-state index contributed by atoms with van der Waals surface area (Å²) in [6.45, 7) is 0. The van der Waals surface area contributed by atoms with Crippen molar-refractivity contribution >= 4 is 43.6 Å². The second-order valence-corrected chi connectivity index (χ2v) is 15.5. The molecular weight excluding hydrogens is 757 g/mol. The normalized spacial score (nSPS) is 11.5. The molecule has 0 aliphatic heterocycles. The number of hydrogen-bond donors (Lipinski definition) is 0. The molecule has 0 saturated carbocycles. The van der Waals surface area contributed by atoms with E-state index in [2.05, 4.69) is 155 Å². The fourth-order valence-electron chi connectivity index (χ4n) is 9.00. The molecule has 0 N–H and O–H groups in total. The maximum Gasteiger partial charge on any atom is 0.164 e. The van der Waals surface area contributed by atoms with Gasteiger partial charge in [-0.05, 0) is 71.8 Å². The lowest BCUT2D eigenvalue weighted by Crippen LogP contribution is -2.00. The van der Waals surface area contributed by atoms with E-state index in [1.54, 1.807) is 0 Å². The lowest BCUT2D eigenvalue weighted by Gasteiger charge is -2.12. The Bertz CT molecular complexity index is 3570. The van der Waals surface area contributed by atoms with Crippen LogP contribution in [0.15, 0.2) is 219 Å². The summed E-state index contributed by atoms with van der Waals surface area (Å²) in [7, 11) is 0. The lowest BCUT2D eigenvalue weighted by molar-refractivity contribution is 1.07. The van der Waals surface area contributed by atoms with Gasteiger partial charge in [-0.1, -0.05) is 152 Å². The van der Waals surface area contributed by atoms with E-state index in [-0.39, 0.29) is 0 Å². The molecule has 4 heterocycles. The number of aromatic nitrogens is 6. The molecular formula is C56H36N6. The van der Waals surface area contributed by atoms with Gasteiger partial charge in [0.05, 0.1) is 27.8 Å². The molecule has 0 atom stereocenters. The topological polar surface area (TPSA) is 61.4 Å². The van der Waals surface area contributed by atoms with E-state index in [1.807, 2.05) is 72.9 Å². The highest BCUT2D eigenvalue weighted by Gasteiger charge is 2.19. The summed E-state index contributed by atoms with van der Waals surface area (Å²) < 4.78 is 4.76. The SMILES string of the molecule is c1ccc(-c2nc(-c3ccccc3)nc(-c3ccnc(-c4ccc5c6ccccc6n(-c6cccc(-c7cccc8c7c7ccccc7n8-c7ccccc7)c6)c5c4)c3)n2)cc1. The van der Waals surface area contributed by atoms with Gasteiger partial charge in [0.25, 0.3) is 0 Å². The molecule has 290 valence electrons. The van der Waals surface area contributed by atoms with E-state index in [1.165, 1.54) is 38.1 Å². The van der Waals surface area contributed by atoms with Crippen molar-refractivity contribution in [1.82, 2.24) is 29.1 Å². The monoisotopic (exact) mass is 792 g/mol. The average Bonchev–Trinajstić information content (AvgIpc) is 3.87. The number of fused-ring (bicyclic) bond motifs is 6. The molecule has 0 fully saturated rings. The molecule has 8 aromatic carbocycles. The van der Waals surface area contributed by atoms with Gasteiger partial charge < -0.3 is 9.13 Å². The first-order valence-electron chi connectivity index (χ1n) is 20.8. The molecule has 12 aromatic rings. The number of pyridine rings is 1. The summed E-state index contributed by atoms with van der Waals surface area (Å²) in [5, 5.41) is 4.84. The predicted molar refractivity (Wildman–Crippen MR) is 253 cm³/mol. The van der Waals surface area contributed by atoms with Gasteiger partial charge in [-0.2, -0.15) is 0 Å². The number of rotatable bonds is 7. The Hall–Kier alpha value is -8.48. The minimum absolute atomic E-state index is 0.593. The fourth-order valence-corrected chi connectivity index (χ4v) is 9.00. The number of hydrogen-bond acceptors (Lipinski definition) is 4. The van der Waals surface area contributed by atoms with Crippen LogP contribution in [0.1, 0.15) is 0 Å². The van der Waals surface area contributed by atoms with Crippen LogP contribution in [0.25, 0.3) is 112 Å². The molecule has 0 radical (unpaired) electrons. The Labute approximate surface area is 357 Å². The largest absolute Gasteiger partial charge is 0.309 e. The Balaban J connectivity index is 0.998. The first-order chi connectivity index (χ1) is 30.7. The van der Waals surface area contributed by atoms with Crippen molar-refractivity contribution in [2.75, 3.05) is 0 Å². The van der Waals surface area contributed by atoms with Crippen LogP contribution >= 0.6 is 0 Å². The zero-order chi connectivity index (χ0) is 41.0. The van der Waals surface area contributed by atoms with Crippen LogP contribution in [-0.4, -0.2) is 29.1 Å². The molecule has 6 nitrogen and oxygen atoms in total. The third-order valence-electron chi connectivity index (χ3n) is 11.8. The molecule has 0 saturated heterocycles. The molecule has 4 aromatic heterocycles. The van der Waals surface area contributed by atoms with Crippen LogP contribution in [-0.2, 0) is 0 Å². The Morgan fingerprint density at radius 3 is 1.56 bits per heavy atom.